The minimum atomic E-state index is -0.550. The van der Waals surface area contributed by atoms with Crippen molar-refractivity contribution in [1.82, 2.24) is 10.4 Å². The Balaban J connectivity index is 2.79. The number of nitrogens with zero attached hydrogens (tertiary/aromatic N) is 1. The summed E-state index contributed by atoms with van der Waals surface area (Å²) in [5.74, 6) is 0. The molecule has 15 heavy (non-hydrogen) atoms. The number of piperidine rings is 1. The lowest BCUT2D eigenvalue weighted by Gasteiger charge is -2.59. The largest absolute Gasteiger partial charge is 0.784 e. The summed E-state index contributed by atoms with van der Waals surface area (Å²) in [5.41, 5.74) is -0.933. The third kappa shape index (κ3) is 2.83. The average Bonchev–Trinajstić information content (AvgIpc) is 1.97. The second-order valence-electron chi connectivity index (χ2n) is 5.44. The normalized spacial score (nSPS) is 26.3. The predicted molar refractivity (Wildman–Crippen MR) is 60.8 cm³/mol. The second kappa shape index (κ2) is 3.92. The van der Waals surface area contributed by atoms with Gasteiger partial charge in [0.1, 0.15) is 0 Å². The zero-order chi connectivity index (χ0) is 11.9. The molecule has 88 valence electrons. The lowest BCUT2D eigenvalue weighted by molar-refractivity contribution is 0.00462. The van der Waals surface area contributed by atoms with Gasteiger partial charge in [0, 0.05) is 17.1 Å². The van der Waals surface area contributed by atoms with Crippen molar-refractivity contribution in [2.24, 2.45) is 0 Å². The van der Waals surface area contributed by atoms with E-state index in [4.69, 9.17) is 11.6 Å². The van der Waals surface area contributed by atoms with Gasteiger partial charge in [-0.2, -0.15) is 0 Å². The van der Waals surface area contributed by atoms with Crippen LogP contribution < -0.4 is 5.32 Å². The van der Waals surface area contributed by atoms with Gasteiger partial charge >= 0.3 is 5.37 Å². The SMILES string of the molecule is CC1(C)CC(NC(=O)Cl)CC(C)(C)N1[O-]. The maximum absolute atomic E-state index is 12.0. The van der Waals surface area contributed by atoms with Crippen molar-refractivity contribution in [3.63, 3.8) is 0 Å². The smallest absolute Gasteiger partial charge is 0.314 e. The van der Waals surface area contributed by atoms with Crippen molar-refractivity contribution in [2.75, 3.05) is 0 Å². The molecule has 1 amide bonds. The maximum atomic E-state index is 12.0. The van der Waals surface area contributed by atoms with E-state index in [1.807, 2.05) is 27.7 Å². The molecule has 0 spiro atoms. The van der Waals surface area contributed by atoms with Gasteiger partial charge < -0.3 is 15.6 Å². The Hall–Kier alpha value is -0.320. The summed E-state index contributed by atoms with van der Waals surface area (Å²) in [6.07, 6.45) is 1.25. The molecule has 1 heterocycles. The molecule has 5 heteroatoms. The molecule has 1 fully saturated rings. The quantitative estimate of drug-likeness (QED) is 0.559. The third-order valence-electron chi connectivity index (χ3n) is 2.91. The third-order valence-corrected chi connectivity index (χ3v) is 3.02. The van der Waals surface area contributed by atoms with Crippen molar-refractivity contribution in [2.45, 2.75) is 57.7 Å². The van der Waals surface area contributed by atoms with Gasteiger partial charge in [-0.05, 0) is 52.1 Å². The number of carbonyl (C=O) groups excluding carboxylic acids is 1. The fourth-order valence-corrected chi connectivity index (χ4v) is 2.68. The molecule has 0 aromatic rings. The van der Waals surface area contributed by atoms with E-state index in [0.29, 0.717) is 12.8 Å². The summed E-state index contributed by atoms with van der Waals surface area (Å²) in [4.78, 5) is 10.8. The molecule has 0 atom stereocenters. The van der Waals surface area contributed by atoms with Crippen molar-refractivity contribution < 1.29 is 4.79 Å². The first-order valence-corrected chi connectivity index (χ1v) is 5.46. The highest BCUT2D eigenvalue weighted by atomic mass is 35.5. The number of hydrogen-bond donors (Lipinski definition) is 1. The molecule has 1 rings (SSSR count). The molecule has 0 bridgehead atoms. The van der Waals surface area contributed by atoms with Gasteiger partial charge in [-0.1, -0.05) is 0 Å². The Bertz CT molecular complexity index is 248. The lowest BCUT2D eigenvalue weighted by atomic mass is 9.79. The molecule has 1 saturated heterocycles. The van der Waals surface area contributed by atoms with Crippen LogP contribution in [0.3, 0.4) is 0 Å². The molecule has 0 unspecified atom stereocenters. The van der Waals surface area contributed by atoms with E-state index in [0.717, 1.165) is 5.06 Å². The standard InChI is InChI=1S/C10H18ClN2O2/c1-9(2)5-7(12-8(11)14)6-10(3,4)13(9)15/h7H,5-6H2,1-4H3,(H,12,14)/q-1. The zero-order valence-electron chi connectivity index (χ0n) is 9.63. The Morgan fingerprint density at radius 3 is 2.07 bits per heavy atom. The van der Waals surface area contributed by atoms with Gasteiger partial charge in [0.25, 0.3) is 0 Å². The average molecular weight is 234 g/mol. The summed E-state index contributed by atoms with van der Waals surface area (Å²) in [7, 11) is 0. The summed E-state index contributed by atoms with van der Waals surface area (Å²) in [6, 6.07) is -0.0230. The number of hydrogen-bond acceptors (Lipinski definition) is 3. The van der Waals surface area contributed by atoms with E-state index >= 15 is 0 Å². The number of nitrogens with one attached hydrogen (secondary N) is 1. The number of hydroxylamine groups is 2. The Labute approximate surface area is 95.5 Å². The summed E-state index contributed by atoms with van der Waals surface area (Å²) >= 11 is 5.29. The molecule has 0 radical (unpaired) electrons. The highest BCUT2D eigenvalue weighted by Gasteiger charge is 2.40. The van der Waals surface area contributed by atoms with E-state index in [-0.39, 0.29) is 6.04 Å². The van der Waals surface area contributed by atoms with Crippen molar-refractivity contribution in [3.8, 4) is 0 Å². The monoisotopic (exact) mass is 233 g/mol. The topological polar surface area (TPSA) is 55.4 Å². The van der Waals surface area contributed by atoms with Crippen LogP contribution in [-0.2, 0) is 0 Å². The first-order valence-electron chi connectivity index (χ1n) is 5.09. The number of carbonyl (C=O) groups is 1. The van der Waals surface area contributed by atoms with E-state index < -0.39 is 16.4 Å². The van der Waals surface area contributed by atoms with Gasteiger partial charge in [0.15, 0.2) is 0 Å². The van der Waals surface area contributed by atoms with Crippen molar-refractivity contribution in [3.05, 3.63) is 5.21 Å². The number of halogens is 1. The highest BCUT2D eigenvalue weighted by molar-refractivity contribution is 6.62. The van der Waals surface area contributed by atoms with Crippen molar-refractivity contribution >= 4 is 17.0 Å². The maximum Gasteiger partial charge on any atom is 0.314 e. The van der Waals surface area contributed by atoms with Gasteiger partial charge in [-0.3, -0.25) is 4.79 Å². The van der Waals surface area contributed by atoms with Crippen LogP contribution in [0.2, 0.25) is 0 Å². The van der Waals surface area contributed by atoms with Crippen LogP contribution >= 0.6 is 11.6 Å². The minimum Gasteiger partial charge on any atom is -0.784 e. The van der Waals surface area contributed by atoms with Crippen LogP contribution in [0.4, 0.5) is 4.79 Å². The van der Waals surface area contributed by atoms with E-state index in [1.54, 1.807) is 0 Å². The summed E-state index contributed by atoms with van der Waals surface area (Å²) < 4.78 is 0. The lowest BCUT2D eigenvalue weighted by Crippen LogP contribution is -2.61. The van der Waals surface area contributed by atoms with E-state index in [9.17, 15) is 10.0 Å². The van der Waals surface area contributed by atoms with Crippen LogP contribution in [0.25, 0.3) is 0 Å². The zero-order valence-corrected chi connectivity index (χ0v) is 10.4. The van der Waals surface area contributed by atoms with Crippen LogP contribution in [0, 0.1) is 5.21 Å². The van der Waals surface area contributed by atoms with Gasteiger partial charge in [0.05, 0.1) is 0 Å². The fraction of sp³-hybridized carbons (Fsp3) is 0.900. The molecular weight excluding hydrogens is 216 g/mol. The highest BCUT2D eigenvalue weighted by Crippen LogP contribution is 2.37. The molecule has 1 aliphatic heterocycles. The molecule has 1 N–H and O–H groups in total. The van der Waals surface area contributed by atoms with E-state index in [1.165, 1.54) is 0 Å². The first-order chi connectivity index (χ1) is 6.65. The second-order valence-corrected chi connectivity index (χ2v) is 5.79. The van der Waals surface area contributed by atoms with Gasteiger partial charge in [-0.15, -0.1) is 0 Å². The van der Waals surface area contributed by atoms with Crippen LogP contribution in [0.15, 0.2) is 0 Å². The van der Waals surface area contributed by atoms with Crippen LogP contribution in [0.5, 0.6) is 0 Å². The first kappa shape index (κ1) is 12.7. The Morgan fingerprint density at radius 2 is 1.73 bits per heavy atom. The summed E-state index contributed by atoms with van der Waals surface area (Å²) in [5, 5.41) is 15.2. The van der Waals surface area contributed by atoms with Gasteiger partial charge in [0.2, 0.25) is 0 Å². The van der Waals surface area contributed by atoms with Crippen LogP contribution in [0.1, 0.15) is 40.5 Å². The summed E-state index contributed by atoms with van der Waals surface area (Å²) in [6.45, 7) is 7.53. The van der Waals surface area contributed by atoms with Gasteiger partial charge in [-0.25, -0.2) is 0 Å². The molecular formula is C10H18ClN2O2-. The van der Waals surface area contributed by atoms with E-state index in [2.05, 4.69) is 5.32 Å². The molecule has 0 saturated carbocycles. The molecule has 0 aliphatic carbocycles. The van der Waals surface area contributed by atoms with Crippen molar-refractivity contribution in [1.29, 1.82) is 0 Å². The Morgan fingerprint density at radius 1 is 1.33 bits per heavy atom. The Kier molecular flexibility index (Phi) is 3.33. The molecule has 1 aliphatic rings. The molecule has 4 nitrogen and oxygen atoms in total. The van der Waals surface area contributed by atoms with Crippen LogP contribution in [-0.4, -0.2) is 27.5 Å². The minimum absolute atomic E-state index is 0.0230. The number of rotatable bonds is 1. The number of amides is 1. The molecule has 0 aromatic carbocycles. The molecule has 0 aromatic heterocycles. The predicted octanol–water partition coefficient (Wildman–Crippen LogP) is 2.45. The fourth-order valence-electron chi connectivity index (χ4n) is 2.53.